The molecule has 51 heavy (non-hydrogen) atoms. The maximum Gasteiger partial charge on any atom is 0.410 e. The molecule has 5 rings (SSSR count). The Balaban J connectivity index is 1.38. The highest BCUT2D eigenvalue weighted by Gasteiger charge is 2.30. The van der Waals surface area contributed by atoms with E-state index in [0.717, 1.165) is 37.1 Å². The molecule has 0 unspecified atom stereocenters. The zero-order chi connectivity index (χ0) is 36.6. The number of aromatic nitrogens is 4. The number of hydrogen-bond donors (Lipinski definition) is 2. The van der Waals surface area contributed by atoms with Crippen molar-refractivity contribution in [1.82, 2.24) is 24.8 Å². The minimum Gasteiger partial charge on any atom is -0.460 e. The summed E-state index contributed by atoms with van der Waals surface area (Å²) in [6, 6.07) is 7.40. The first-order valence-electron chi connectivity index (χ1n) is 18.0. The molecule has 13 heteroatoms. The number of hydrogen-bond acceptors (Lipinski definition) is 11. The fourth-order valence-corrected chi connectivity index (χ4v) is 6.44. The third-order valence-electron chi connectivity index (χ3n) is 8.76. The molecule has 3 aromatic rings. The van der Waals surface area contributed by atoms with Crippen LogP contribution in [0.2, 0.25) is 0 Å². The molecule has 2 aliphatic rings. The number of anilines is 4. The molecule has 0 aromatic carbocycles. The Labute approximate surface area is 301 Å². The summed E-state index contributed by atoms with van der Waals surface area (Å²) in [6.45, 7) is 13.3. The number of ether oxygens (including phenoxy) is 2. The van der Waals surface area contributed by atoms with E-state index in [9.17, 15) is 14.4 Å². The molecule has 0 spiro atoms. The largest absolute Gasteiger partial charge is 0.460 e. The molecule has 1 saturated carbocycles. The van der Waals surface area contributed by atoms with Crippen molar-refractivity contribution in [3.63, 3.8) is 0 Å². The van der Waals surface area contributed by atoms with E-state index in [2.05, 4.69) is 30.5 Å². The Kier molecular flexibility index (Phi) is 12.1. The van der Waals surface area contributed by atoms with E-state index in [-0.39, 0.29) is 24.4 Å². The highest BCUT2D eigenvalue weighted by molar-refractivity contribution is 5.95. The molecule has 2 N–H and O–H groups in total. The van der Waals surface area contributed by atoms with Crippen LogP contribution in [0.25, 0.3) is 11.3 Å². The smallest absolute Gasteiger partial charge is 0.410 e. The van der Waals surface area contributed by atoms with Crippen molar-refractivity contribution in [2.45, 2.75) is 97.7 Å². The van der Waals surface area contributed by atoms with Crippen molar-refractivity contribution in [2.24, 2.45) is 11.8 Å². The zero-order valence-corrected chi connectivity index (χ0v) is 30.8. The summed E-state index contributed by atoms with van der Waals surface area (Å²) in [6.07, 6.45) is 12.4. The summed E-state index contributed by atoms with van der Waals surface area (Å²) in [7, 11) is 0. The van der Waals surface area contributed by atoms with Crippen LogP contribution in [-0.2, 0) is 19.1 Å². The number of carbonyl (C=O) groups is 3. The Morgan fingerprint density at radius 3 is 2.25 bits per heavy atom. The van der Waals surface area contributed by atoms with Crippen LogP contribution in [0.15, 0.2) is 49.1 Å². The number of carbonyl (C=O) groups excluding carboxylic acids is 3. The van der Waals surface area contributed by atoms with Gasteiger partial charge in [-0.1, -0.05) is 32.1 Å². The molecule has 3 aromatic heterocycles. The summed E-state index contributed by atoms with van der Waals surface area (Å²) < 4.78 is 11.2. The lowest BCUT2D eigenvalue weighted by atomic mass is 9.81. The van der Waals surface area contributed by atoms with E-state index < -0.39 is 17.1 Å². The van der Waals surface area contributed by atoms with Crippen LogP contribution < -0.4 is 15.5 Å². The summed E-state index contributed by atoms with van der Waals surface area (Å²) in [5.41, 5.74) is 0.726. The Hall–Kier alpha value is -4.81. The molecule has 1 saturated heterocycles. The summed E-state index contributed by atoms with van der Waals surface area (Å²) >= 11 is 0. The van der Waals surface area contributed by atoms with E-state index in [0.29, 0.717) is 61.5 Å². The van der Waals surface area contributed by atoms with Gasteiger partial charge in [-0.25, -0.2) is 19.7 Å². The van der Waals surface area contributed by atoms with Gasteiger partial charge in [-0.05, 0) is 72.1 Å². The standard InChI is InChI=1S/C38H52N8O5/c1-37(2,3)50-34(47)22-28(20-26-10-8-7-9-11-26)35(48)42-29-23-30(43-31(24-29)44-32-25-39-14-15-40-32)27-12-13-41-33(21-27)45-16-18-46(19-17-45)36(49)51-38(4,5)6/h12-15,21,23-26,28H,7-11,16-20,22H2,1-6H3,(H2,40,42,43,44,48)/t28-/m1/s1. The van der Waals surface area contributed by atoms with Crippen LogP contribution in [0.1, 0.15) is 86.5 Å². The minimum atomic E-state index is -0.640. The monoisotopic (exact) mass is 700 g/mol. The van der Waals surface area contributed by atoms with Gasteiger partial charge < -0.3 is 29.9 Å². The quantitative estimate of drug-likeness (QED) is 0.211. The maximum absolute atomic E-state index is 14.0. The number of piperazine rings is 1. The van der Waals surface area contributed by atoms with E-state index in [1.54, 1.807) is 35.8 Å². The highest BCUT2D eigenvalue weighted by Crippen LogP contribution is 2.33. The van der Waals surface area contributed by atoms with Gasteiger partial charge in [-0.2, -0.15) is 0 Å². The van der Waals surface area contributed by atoms with Crippen LogP contribution >= 0.6 is 0 Å². The number of pyridine rings is 2. The van der Waals surface area contributed by atoms with Crippen molar-refractivity contribution in [2.75, 3.05) is 41.7 Å². The minimum absolute atomic E-state index is 0.0111. The van der Waals surface area contributed by atoms with Crippen molar-refractivity contribution in [3.8, 4) is 11.3 Å². The van der Waals surface area contributed by atoms with E-state index >= 15 is 0 Å². The van der Waals surface area contributed by atoms with Crippen molar-refractivity contribution >= 4 is 41.1 Å². The van der Waals surface area contributed by atoms with Gasteiger partial charge >= 0.3 is 12.1 Å². The van der Waals surface area contributed by atoms with Gasteiger partial charge in [0.15, 0.2) is 0 Å². The maximum atomic E-state index is 14.0. The molecule has 1 aliphatic heterocycles. The van der Waals surface area contributed by atoms with Crippen LogP contribution in [0.3, 0.4) is 0 Å². The van der Waals surface area contributed by atoms with Crippen LogP contribution in [-0.4, -0.2) is 80.2 Å². The fraction of sp³-hybridized carbons (Fsp3) is 0.553. The summed E-state index contributed by atoms with van der Waals surface area (Å²) in [4.78, 5) is 61.4. The third kappa shape index (κ3) is 11.6. The van der Waals surface area contributed by atoms with Gasteiger partial charge in [0.05, 0.1) is 18.3 Å². The molecule has 4 heterocycles. The molecule has 2 amide bonds. The first kappa shape index (κ1) is 37.4. The molecule has 13 nitrogen and oxygen atoms in total. The second kappa shape index (κ2) is 16.5. The number of nitrogens with one attached hydrogen (secondary N) is 2. The molecule has 1 aliphatic carbocycles. The first-order chi connectivity index (χ1) is 24.2. The molecule has 0 bridgehead atoms. The number of esters is 1. The molecular formula is C38H52N8O5. The first-order valence-corrected chi connectivity index (χ1v) is 18.0. The second-order valence-corrected chi connectivity index (χ2v) is 15.4. The number of amides is 2. The van der Waals surface area contributed by atoms with Gasteiger partial charge in [0, 0.05) is 68.0 Å². The normalized spacial score (nSPS) is 16.3. The molecule has 274 valence electrons. The van der Waals surface area contributed by atoms with Gasteiger partial charge in [0.25, 0.3) is 0 Å². The number of nitrogens with zero attached hydrogens (tertiary/aromatic N) is 6. The Morgan fingerprint density at radius 1 is 0.863 bits per heavy atom. The predicted molar refractivity (Wildman–Crippen MR) is 197 cm³/mol. The second-order valence-electron chi connectivity index (χ2n) is 15.4. The van der Waals surface area contributed by atoms with E-state index in [1.807, 2.05) is 59.7 Å². The Morgan fingerprint density at radius 2 is 1.59 bits per heavy atom. The molecule has 1 atom stereocenters. The molecule has 2 fully saturated rings. The van der Waals surface area contributed by atoms with Crippen LogP contribution in [0.5, 0.6) is 0 Å². The third-order valence-corrected chi connectivity index (χ3v) is 8.76. The molecular weight excluding hydrogens is 648 g/mol. The van der Waals surface area contributed by atoms with Gasteiger partial charge in [0.1, 0.15) is 28.7 Å². The van der Waals surface area contributed by atoms with E-state index in [1.165, 1.54) is 6.42 Å². The lowest BCUT2D eigenvalue weighted by Gasteiger charge is -2.36. The van der Waals surface area contributed by atoms with Gasteiger partial charge in [-0.3, -0.25) is 14.6 Å². The average molecular weight is 701 g/mol. The topological polar surface area (TPSA) is 152 Å². The number of rotatable bonds is 10. The average Bonchev–Trinajstić information content (AvgIpc) is 3.07. The zero-order valence-electron chi connectivity index (χ0n) is 30.8. The summed E-state index contributed by atoms with van der Waals surface area (Å²) in [5.74, 6) is 0.952. The van der Waals surface area contributed by atoms with Gasteiger partial charge in [0.2, 0.25) is 5.91 Å². The van der Waals surface area contributed by atoms with Crippen molar-refractivity contribution < 1.29 is 23.9 Å². The van der Waals surface area contributed by atoms with E-state index in [4.69, 9.17) is 14.5 Å². The van der Waals surface area contributed by atoms with Crippen molar-refractivity contribution in [1.29, 1.82) is 0 Å². The summed E-state index contributed by atoms with van der Waals surface area (Å²) in [5, 5.41) is 6.31. The lowest BCUT2D eigenvalue weighted by molar-refractivity contribution is -0.157. The molecule has 0 radical (unpaired) electrons. The SMILES string of the molecule is CC(C)(C)OC(=O)C[C@@H](CC1CCCCC1)C(=O)Nc1cc(Nc2cnccn2)nc(-c2ccnc(N3CCN(C(=O)OC(C)(C)C)CC3)c2)c1. The Bertz CT molecular complexity index is 1640. The predicted octanol–water partition coefficient (Wildman–Crippen LogP) is 6.99. The van der Waals surface area contributed by atoms with Gasteiger partial charge in [-0.15, -0.1) is 0 Å². The van der Waals surface area contributed by atoms with Crippen LogP contribution in [0, 0.1) is 11.8 Å². The lowest BCUT2D eigenvalue weighted by Crippen LogP contribution is -2.50. The fourth-order valence-electron chi connectivity index (χ4n) is 6.44. The highest BCUT2D eigenvalue weighted by atomic mass is 16.6. The van der Waals surface area contributed by atoms with Crippen LogP contribution in [0.4, 0.5) is 27.9 Å². The van der Waals surface area contributed by atoms with Crippen molar-refractivity contribution in [3.05, 3.63) is 49.1 Å².